The molecule has 0 bridgehead atoms. The topological polar surface area (TPSA) is 64.1 Å². The van der Waals surface area contributed by atoms with Crippen molar-refractivity contribution in [2.24, 2.45) is 10.9 Å². The molecule has 0 radical (unpaired) electrons. The lowest BCUT2D eigenvalue weighted by Gasteiger charge is -2.14. The van der Waals surface area contributed by atoms with Crippen LogP contribution in [0, 0.1) is 5.92 Å². The molecule has 0 unspecified atom stereocenters. The minimum Gasteiger partial charge on any atom is -0.493 e. The van der Waals surface area contributed by atoms with Crippen LogP contribution in [0.1, 0.15) is 25.8 Å². The molecule has 0 saturated carbocycles. The fourth-order valence-electron chi connectivity index (χ4n) is 2.06. The van der Waals surface area contributed by atoms with Crippen molar-refractivity contribution in [3.8, 4) is 11.5 Å². The standard InChI is InChI=1S/C18H31N3O3.HI/c1-14(2)8-10-24-11-9-20-18(19-3)21-13-15-6-7-16(22-4)17(12-15)23-5;/h6-7,12,14H,8-11,13H2,1-5H3,(H2,19,20,21);1H. The molecule has 0 spiro atoms. The van der Waals surface area contributed by atoms with E-state index in [1.807, 2.05) is 18.2 Å². The van der Waals surface area contributed by atoms with E-state index in [0.29, 0.717) is 19.1 Å². The minimum atomic E-state index is 0. The Labute approximate surface area is 168 Å². The summed E-state index contributed by atoms with van der Waals surface area (Å²) in [6.07, 6.45) is 1.09. The maximum Gasteiger partial charge on any atom is 0.191 e. The second-order valence-electron chi connectivity index (χ2n) is 5.84. The maximum atomic E-state index is 5.58. The van der Waals surface area contributed by atoms with Crippen LogP contribution in [0.2, 0.25) is 0 Å². The van der Waals surface area contributed by atoms with Crippen LogP contribution in [0.3, 0.4) is 0 Å². The fourth-order valence-corrected chi connectivity index (χ4v) is 2.06. The third-order valence-electron chi connectivity index (χ3n) is 3.51. The Kier molecular flexibility index (Phi) is 13.3. The largest absolute Gasteiger partial charge is 0.493 e. The summed E-state index contributed by atoms with van der Waals surface area (Å²) >= 11 is 0. The zero-order valence-corrected chi connectivity index (χ0v) is 18.3. The summed E-state index contributed by atoms with van der Waals surface area (Å²) in [7, 11) is 5.02. The van der Waals surface area contributed by atoms with E-state index in [2.05, 4.69) is 29.5 Å². The molecule has 1 rings (SSSR count). The number of aliphatic imine (C=N–C) groups is 1. The van der Waals surface area contributed by atoms with Gasteiger partial charge in [0.25, 0.3) is 0 Å². The van der Waals surface area contributed by atoms with E-state index in [9.17, 15) is 0 Å². The van der Waals surface area contributed by atoms with Gasteiger partial charge in [-0.3, -0.25) is 4.99 Å². The molecule has 0 aliphatic heterocycles. The molecule has 0 atom stereocenters. The van der Waals surface area contributed by atoms with E-state index >= 15 is 0 Å². The van der Waals surface area contributed by atoms with Gasteiger partial charge >= 0.3 is 0 Å². The lowest BCUT2D eigenvalue weighted by molar-refractivity contribution is 0.128. The third-order valence-corrected chi connectivity index (χ3v) is 3.51. The van der Waals surface area contributed by atoms with E-state index in [1.54, 1.807) is 21.3 Å². The number of methoxy groups -OCH3 is 2. The molecule has 144 valence electrons. The van der Waals surface area contributed by atoms with Crippen LogP contribution >= 0.6 is 24.0 Å². The summed E-state index contributed by atoms with van der Waals surface area (Å²) in [6.45, 7) is 7.24. The van der Waals surface area contributed by atoms with Crippen molar-refractivity contribution in [1.82, 2.24) is 10.6 Å². The van der Waals surface area contributed by atoms with Gasteiger partial charge in [0.1, 0.15) is 0 Å². The van der Waals surface area contributed by atoms with Crippen LogP contribution in [0.25, 0.3) is 0 Å². The summed E-state index contributed by atoms with van der Waals surface area (Å²) in [5.74, 6) is 2.87. The molecular weight excluding hydrogens is 433 g/mol. The number of benzene rings is 1. The van der Waals surface area contributed by atoms with Crippen molar-refractivity contribution in [3.63, 3.8) is 0 Å². The second-order valence-corrected chi connectivity index (χ2v) is 5.84. The van der Waals surface area contributed by atoms with Crippen molar-refractivity contribution in [3.05, 3.63) is 23.8 Å². The van der Waals surface area contributed by atoms with E-state index in [0.717, 1.165) is 42.6 Å². The van der Waals surface area contributed by atoms with E-state index in [4.69, 9.17) is 14.2 Å². The molecular formula is C18H32IN3O3. The van der Waals surface area contributed by atoms with Gasteiger partial charge in [-0.1, -0.05) is 19.9 Å². The van der Waals surface area contributed by atoms with Crippen LogP contribution < -0.4 is 20.1 Å². The first-order valence-electron chi connectivity index (χ1n) is 8.33. The number of halogens is 1. The quantitative estimate of drug-likeness (QED) is 0.241. The molecule has 0 heterocycles. The number of rotatable bonds is 10. The maximum absolute atomic E-state index is 5.58. The predicted octanol–water partition coefficient (Wildman–Crippen LogP) is 3.05. The SMILES string of the molecule is CN=C(NCCOCCC(C)C)NCc1ccc(OC)c(OC)c1.I. The Morgan fingerprint density at radius 3 is 2.40 bits per heavy atom. The first kappa shape index (κ1) is 23.8. The summed E-state index contributed by atoms with van der Waals surface area (Å²) in [4.78, 5) is 4.21. The smallest absolute Gasteiger partial charge is 0.191 e. The number of hydrogen-bond donors (Lipinski definition) is 2. The number of nitrogens with zero attached hydrogens (tertiary/aromatic N) is 1. The molecule has 2 N–H and O–H groups in total. The van der Waals surface area contributed by atoms with Gasteiger partial charge in [0, 0.05) is 26.7 Å². The Balaban J connectivity index is 0.00000576. The highest BCUT2D eigenvalue weighted by Gasteiger charge is 2.05. The third kappa shape index (κ3) is 9.74. The first-order chi connectivity index (χ1) is 11.6. The average Bonchev–Trinajstić information content (AvgIpc) is 2.59. The highest BCUT2D eigenvalue weighted by Crippen LogP contribution is 2.27. The van der Waals surface area contributed by atoms with Gasteiger partial charge in [-0.25, -0.2) is 0 Å². The molecule has 0 saturated heterocycles. The monoisotopic (exact) mass is 465 g/mol. The van der Waals surface area contributed by atoms with Crippen LogP contribution in [0.5, 0.6) is 11.5 Å². The number of ether oxygens (including phenoxy) is 3. The molecule has 7 heteroatoms. The van der Waals surface area contributed by atoms with Crippen LogP contribution in [-0.4, -0.2) is 47.0 Å². The molecule has 0 fully saturated rings. The normalized spacial score (nSPS) is 11.0. The molecule has 6 nitrogen and oxygen atoms in total. The fraction of sp³-hybridized carbons (Fsp3) is 0.611. The highest BCUT2D eigenvalue weighted by molar-refractivity contribution is 14.0. The molecule has 0 amide bonds. The molecule has 1 aromatic carbocycles. The van der Waals surface area contributed by atoms with Gasteiger partial charge in [-0.15, -0.1) is 24.0 Å². The van der Waals surface area contributed by atoms with Crippen LogP contribution in [-0.2, 0) is 11.3 Å². The van der Waals surface area contributed by atoms with Crippen molar-refractivity contribution in [2.45, 2.75) is 26.8 Å². The lowest BCUT2D eigenvalue weighted by atomic mass is 10.1. The van der Waals surface area contributed by atoms with Gasteiger partial charge in [0.05, 0.1) is 20.8 Å². The minimum absolute atomic E-state index is 0. The van der Waals surface area contributed by atoms with Crippen molar-refractivity contribution in [2.75, 3.05) is 41.0 Å². The Morgan fingerprint density at radius 1 is 1.08 bits per heavy atom. The molecule has 0 aromatic heterocycles. The molecule has 0 aliphatic rings. The first-order valence-corrected chi connectivity index (χ1v) is 8.33. The van der Waals surface area contributed by atoms with E-state index < -0.39 is 0 Å². The molecule has 25 heavy (non-hydrogen) atoms. The number of hydrogen-bond acceptors (Lipinski definition) is 4. The van der Waals surface area contributed by atoms with Gasteiger partial charge in [0.15, 0.2) is 17.5 Å². The summed E-state index contributed by atoms with van der Waals surface area (Å²) < 4.78 is 16.1. The van der Waals surface area contributed by atoms with E-state index in [-0.39, 0.29) is 24.0 Å². The van der Waals surface area contributed by atoms with Crippen molar-refractivity contribution in [1.29, 1.82) is 0 Å². The van der Waals surface area contributed by atoms with Crippen molar-refractivity contribution >= 4 is 29.9 Å². The predicted molar refractivity (Wildman–Crippen MR) is 113 cm³/mol. The molecule has 0 aliphatic carbocycles. The Morgan fingerprint density at radius 2 is 1.80 bits per heavy atom. The number of nitrogens with one attached hydrogen (secondary N) is 2. The molecule has 1 aromatic rings. The number of guanidine groups is 1. The van der Waals surface area contributed by atoms with Gasteiger partial charge in [-0.2, -0.15) is 0 Å². The van der Waals surface area contributed by atoms with Gasteiger partial charge in [0.2, 0.25) is 0 Å². The van der Waals surface area contributed by atoms with Crippen LogP contribution in [0.4, 0.5) is 0 Å². The van der Waals surface area contributed by atoms with Gasteiger partial charge in [-0.05, 0) is 30.0 Å². The van der Waals surface area contributed by atoms with Crippen LogP contribution in [0.15, 0.2) is 23.2 Å². The lowest BCUT2D eigenvalue weighted by Crippen LogP contribution is -2.38. The summed E-state index contributed by atoms with van der Waals surface area (Å²) in [5, 5.41) is 6.51. The average molecular weight is 465 g/mol. The Hall–Kier alpha value is -1.22. The summed E-state index contributed by atoms with van der Waals surface area (Å²) in [6, 6.07) is 5.85. The second kappa shape index (κ2) is 14.0. The highest BCUT2D eigenvalue weighted by atomic mass is 127. The van der Waals surface area contributed by atoms with E-state index in [1.165, 1.54) is 0 Å². The zero-order valence-electron chi connectivity index (χ0n) is 15.9. The summed E-state index contributed by atoms with van der Waals surface area (Å²) in [5.41, 5.74) is 1.09. The van der Waals surface area contributed by atoms with Gasteiger partial charge < -0.3 is 24.8 Å². The van der Waals surface area contributed by atoms with Crippen molar-refractivity contribution < 1.29 is 14.2 Å². The zero-order chi connectivity index (χ0) is 17.8. The Bertz CT molecular complexity index is 510.